The van der Waals surface area contributed by atoms with Gasteiger partial charge in [-0.25, -0.2) is 9.66 Å². The lowest BCUT2D eigenvalue weighted by Crippen LogP contribution is -2.27. The van der Waals surface area contributed by atoms with Crippen LogP contribution in [0.25, 0.3) is 10.9 Å². The van der Waals surface area contributed by atoms with Crippen LogP contribution in [0.5, 0.6) is 5.75 Å². The molecule has 0 aliphatic heterocycles. The molecule has 0 saturated heterocycles. The number of hydrogen-bond acceptors (Lipinski definition) is 6. The summed E-state index contributed by atoms with van der Waals surface area (Å²) in [6.45, 7) is 1.95. The van der Waals surface area contributed by atoms with Crippen LogP contribution < -0.4 is 15.7 Å². The molecule has 0 radical (unpaired) electrons. The van der Waals surface area contributed by atoms with Crippen LogP contribution in [-0.2, 0) is 0 Å². The molecule has 0 unspecified atom stereocenters. The second-order valence-corrected chi connectivity index (χ2v) is 7.35. The zero-order valence-electron chi connectivity index (χ0n) is 14.7. The molecule has 11 heteroatoms. The summed E-state index contributed by atoms with van der Waals surface area (Å²) in [4.78, 5) is 17.7. The van der Waals surface area contributed by atoms with E-state index in [0.717, 1.165) is 27.5 Å². The molecule has 1 N–H and O–H groups in total. The fourth-order valence-corrected chi connectivity index (χ4v) is 3.53. The van der Waals surface area contributed by atoms with Gasteiger partial charge in [-0.1, -0.05) is 18.5 Å². The molecular weight excluding hydrogens is 429 g/mol. The van der Waals surface area contributed by atoms with Crippen molar-refractivity contribution in [3.63, 3.8) is 0 Å². The number of ether oxygens (including phenoxy) is 1. The number of nitrogens with one attached hydrogen (secondary N) is 1. The zero-order valence-corrected chi connectivity index (χ0v) is 16.3. The molecule has 0 amide bonds. The number of benzene rings is 2. The molecule has 150 valence electrons. The van der Waals surface area contributed by atoms with Gasteiger partial charge in [-0.15, -0.1) is 24.9 Å². The largest absolute Gasteiger partial charge is 0.573 e. The lowest BCUT2D eigenvalue weighted by Gasteiger charge is -2.14. The predicted molar refractivity (Wildman–Crippen MR) is 104 cm³/mol. The van der Waals surface area contributed by atoms with Gasteiger partial charge in [-0.2, -0.15) is 5.26 Å². The lowest BCUT2D eigenvalue weighted by atomic mass is 10.2. The molecule has 1 aromatic heterocycles. The first-order chi connectivity index (χ1) is 13.7. The van der Waals surface area contributed by atoms with Crippen LogP contribution in [0.4, 0.5) is 18.9 Å². The van der Waals surface area contributed by atoms with Gasteiger partial charge in [-0.05, 0) is 30.0 Å². The highest BCUT2D eigenvalue weighted by Gasteiger charge is 2.31. The van der Waals surface area contributed by atoms with Crippen LogP contribution in [-0.4, -0.2) is 21.8 Å². The number of thioether (sulfide) groups is 1. The first-order valence-corrected chi connectivity index (χ1v) is 9.49. The van der Waals surface area contributed by atoms with E-state index in [1.165, 1.54) is 18.1 Å². The van der Waals surface area contributed by atoms with Gasteiger partial charge in [0.1, 0.15) is 12.1 Å². The fourth-order valence-electron chi connectivity index (χ4n) is 2.54. The van der Waals surface area contributed by atoms with E-state index in [2.05, 4.69) is 15.1 Å². The Hall–Kier alpha value is -2.90. The molecule has 2 aromatic carbocycles. The molecule has 29 heavy (non-hydrogen) atoms. The monoisotopic (exact) mass is 440 g/mol. The minimum atomic E-state index is -4.93. The third-order valence-corrected chi connectivity index (χ3v) is 4.92. The maximum Gasteiger partial charge on any atom is 0.573 e. The van der Waals surface area contributed by atoms with Crippen molar-refractivity contribution in [1.82, 2.24) is 9.66 Å². The molecule has 0 aliphatic carbocycles. The number of nitrogens with zero attached hydrogens (tertiary/aromatic N) is 3. The van der Waals surface area contributed by atoms with Crippen molar-refractivity contribution < 1.29 is 17.9 Å². The Labute approximate surface area is 171 Å². The summed E-state index contributed by atoms with van der Waals surface area (Å²) >= 11 is 7.45. The summed E-state index contributed by atoms with van der Waals surface area (Å²) < 4.78 is 42.4. The maximum atomic E-state index is 12.8. The minimum Gasteiger partial charge on any atom is -0.406 e. The second kappa shape index (κ2) is 8.23. The Kier molecular flexibility index (Phi) is 5.91. The van der Waals surface area contributed by atoms with Crippen molar-refractivity contribution in [2.45, 2.75) is 18.2 Å². The van der Waals surface area contributed by atoms with Gasteiger partial charge in [0.15, 0.2) is 0 Å². The lowest BCUT2D eigenvalue weighted by molar-refractivity contribution is -0.274. The number of fused-ring (bicyclic) bond motifs is 1. The number of rotatable bonds is 5. The van der Waals surface area contributed by atoms with Crippen molar-refractivity contribution in [3.05, 3.63) is 57.6 Å². The molecule has 0 spiro atoms. The first-order valence-electron chi connectivity index (χ1n) is 8.12. The van der Waals surface area contributed by atoms with Crippen molar-refractivity contribution >= 4 is 40.0 Å². The highest BCUT2D eigenvalue weighted by atomic mass is 35.5. The summed E-state index contributed by atoms with van der Waals surface area (Å²) in [6, 6.07) is 8.82. The van der Waals surface area contributed by atoms with E-state index in [0.29, 0.717) is 11.3 Å². The van der Waals surface area contributed by atoms with Crippen LogP contribution in [0.2, 0.25) is 5.02 Å². The fraction of sp³-hybridized carbons (Fsp3) is 0.167. The molecule has 0 fully saturated rings. The van der Waals surface area contributed by atoms with Crippen molar-refractivity contribution in [2.75, 3.05) is 11.2 Å². The maximum absolute atomic E-state index is 12.8. The Balaban J connectivity index is 2.09. The van der Waals surface area contributed by atoms with Crippen molar-refractivity contribution in [2.24, 2.45) is 0 Å². The minimum absolute atomic E-state index is 0.0400. The van der Waals surface area contributed by atoms with E-state index in [1.807, 2.05) is 13.0 Å². The zero-order chi connectivity index (χ0) is 21.2. The third-order valence-electron chi connectivity index (χ3n) is 3.67. The predicted octanol–water partition coefficient (Wildman–Crippen LogP) is 4.81. The number of alkyl halides is 3. The number of nitriles is 1. The van der Waals surface area contributed by atoms with Crippen LogP contribution in [0, 0.1) is 11.3 Å². The Morgan fingerprint density at radius 3 is 2.76 bits per heavy atom. The van der Waals surface area contributed by atoms with Crippen LogP contribution in [0.3, 0.4) is 0 Å². The van der Waals surface area contributed by atoms with Gasteiger partial charge in [0.25, 0.3) is 5.56 Å². The molecule has 1 heterocycles. The average molecular weight is 441 g/mol. The van der Waals surface area contributed by atoms with E-state index in [-0.39, 0.29) is 15.9 Å². The van der Waals surface area contributed by atoms with Gasteiger partial charge in [-0.3, -0.25) is 10.2 Å². The molecule has 0 saturated carbocycles. The third kappa shape index (κ3) is 4.75. The smallest absolute Gasteiger partial charge is 0.406 e. The van der Waals surface area contributed by atoms with Gasteiger partial charge in [0.05, 0.1) is 33.2 Å². The molecule has 0 bridgehead atoms. The van der Waals surface area contributed by atoms with Crippen molar-refractivity contribution in [1.29, 1.82) is 5.26 Å². The van der Waals surface area contributed by atoms with E-state index in [9.17, 15) is 18.0 Å². The normalized spacial score (nSPS) is 11.3. The van der Waals surface area contributed by atoms with Crippen LogP contribution in [0.1, 0.15) is 12.5 Å². The number of halogens is 4. The van der Waals surface area contributed by atoms with Gasteiger partial charge in [0, 0.05) is 11.0 Å². The van der Waals surface area contributed by atoms with Gasteiger partial charge in [0.2, 0.25) is 0 Å². The quantitative estimate of drug-likeness (QED) is 0.574. The van der Waals surface area contributed by atoms with E-state index >= 15 is 0 Å². The second-order valence-electron chi connectivity index (χ2n) is 5.64. The van der Waals surface area contributed by atoms with Crippen LogP contribution in [0.15, 0.2) is 46.3 Å². The SMILES string of the molecule is CCSc1ccc(C#N)cc1Nn1cnc2c(Cl)cc(OC(F)(F)F)cc2c1=O. The molecule has 0 atom stereocenters. The topological polar surface area (TPSA) is 79.9 Å². The van der Waals surface area contributed by atoms with Crippen molar-refractivity contribution in [3.8, 4) is 11.8 Å². The number of anilines is 1. The summed E-state index contributed by atoms with van der Waals surface area (Å²) in [5.74, 6) is 0.125. The Morgan fingerprint density at radius 2 is 2.10 bits per heavy atom. The summed E-state index contributed by atoms with van der Waals surface area (Å²) in [7, 11) is 0. The number of hydrogen-bond donors (Lipinski definition) is 1. The summed E-state index contributed by atoms with van der Waals surface area (Å²) in [5, 5.41) is 8.80. The standard InChI is InChI=1S/C18H12ClF3N4O2S/c1-2-29-15-4-3-10(8-23)5-14(15)25-26-9-24-16-12(17(26)27)6-11(7-13(16)19)28-18(20,21)22/h3-7,9,25H,2H2,1H3. The molecular formula is C18H12ClF3N4O2S. The van der Waals surface area contributed by atoms with Crippen LogP contribution >= 0.6 is 23.4 Å². The Bertz CT molecular complexity index is 1170. The molecule has 3 aromatic rings. The highest BCUT2D eigenvalue weighted by molar-refractivity contribution is 7.99. The molecule has 6 nitrogen and oxygen atoms in total. The highest BCUT2D eigenvalue weighted by Crippen LogP contribution is 2.30. The molecule has 3 rings (SSSR count). The van der Waals surface area contributed by atoms with E-state index < -0.39 is 17.7 Å². The number of aromatic nitrogens is 2. The summed E-state index contributed by atoms with van der Waals surface area (Å²) in [5.41, 5.74) is 3.06. The first kappa shape index (κ1) is 20.8. The Morgan fingerprint density at radius 1 is 1.34 bits per heavy atom. The van der Waals surface area contributed by atoms with E-state index in [4.69, 9.17) is 16.9 Å². The average Bonchev–Trinajstić information content (AvgIpc) is 2.64. The molecule has 0 aliphatic rings. The van der Waals surface area contributed by atoms with Gasteiger partial charge >= 0.3 is 6.36 Å². The summed E-state index contributed by atoms with van der Waals surface area (Å²) in [6.07, 6.45) is -3.76. The van der Waals surface area contributed by atoms with E-state index in [1.54, 1.807) is 18.2 Å². The van der Waals surface area contributed by atoms with Gasteiger partial charge < -0.3 is 4.74 Å².